The van der Waals surface area contributed by atoms with Gasteiger partial charge in [0.15, 0.2) is 5.65 Å². The Morgan fingerprint density at radius 2 is 1.91 bits per heavy atom. The average molecular weight is 432 g/mol. The van der Waals surface area contributed by atoms with Crippen LogP contribution in [0.3, 0.4) is 0 Å². The van der Waals surface area contributed by atoms with Gasteiger partial charge in [-0.1, -0.05) is 36.4 Å². The lowest BCUT2D eigenvalue weighted by Crippen LogP contribution is -2.28. The molecule has 4 rings (SSSR count). The maximum absolute atomic E-state index is 12.8. The van der Waals surface area contributed by atoms with Gasteiger partial charge in [0.2, 0.25) is 0 Å². The highest BCUT2D eigenvalue weighted by molar-refractivity contribution is 5.90. The molecule has 1 aromatic carbocycles. The molecule has 0 aliphatic carbocycles. The minimum atomic E-state index is -1.18. The van der Waals surface area contributed by atoms with E-state index in [0.29, 0.717) is 29.0 Å². The molecule has 0 fully saturated rings. The maximum Gasteiger partial charge on any atom is 0.410 e. The van der Waals surface area contributed by atoms with E-state index in [4.69, 9.17) is 9.94 Å². The smallest absolute Gasteiger partial charge is 0.410 e. The molecular weight excluding hydrogens is 412 g/mol. The van der Waals surface area contributed by atoms with E-state index in [1.807, 2.05) is 37.3 Å². The van der Waals surface area contributed by atoms with Gasteiger partial charge in [-0.15, -0.1) is 4.73 Å². The molecule has 0 unspecified atom stereocenters. The third-order valence-electron chi connectivity index (χ3n) is 4.69. The van der Waals surface area contributed by atoms with Crippen LogP contribution in [-0.4, -0.2) is 30.9 Å². The van der Waals surface area contributed by atoms with Crippen LogP contribution in [-0.2, 0) is 13.2 Å². The van der Waals surface area contributed by atoms with Gasteiger partial charge in [0.25, 0.3) is 5.56 Å². The van der Waals surface area contributed by atoms with Crippen molar-refractivity contribution < 1.29 is 14.7 Å². The van der Waals surface area contributed by atoms with Gasteiger partial charge in [-0.25, -0.2) is 19.7 Å². The van der Waals surface area contributed by atoms with E-state index in [9.17, 15) is 9.59 Å². The number of benzene rings is 1. The molecule has 10 heteroatoms. The number of hydrogen-bond acceptors (Lipinski definition) is 7. The highest BCUT2D eigenvalue weighted by atomic mass is 16.7. The van der Waals surface area contributed by atoms with Crippen molar-refractivity contribution >= 4 is 28.6 Å². The number of fused-ring (bicyclic) bond motifs is 1. The summed E-state index contributed by atoms with van der Waals surface area (Å²) in [7, 11) is 0. The third kappa shape index (κ3) is 4.64. The van der Waals surface area contributed by atoms with E-state index < -0.39 is 6.09 Å². The predicted octanol–water partition coefficient (Wildman–Crippen LogP) is 2.83. The highest BCUT2D eigenvalue weighted by Gasteiger charge is 2.14. The van der Waals surface area contributed by atoms with Crippen LogP contribution in [0.5, 0.6) is 0 Å². The first kappa shape index (κ1) is 20.8. The quantitative estimate of drug-likeness (QED) is 0.406. The van der Waals surface area contributed by atoms with Crippen molar-refractivity contribution in [2.45, 2.75) is 20.1 Å². The number of rotatable bonds is 7. The lowest BCUT2D eigenvalue weighted by molar-refractivity contribution is 0.0979. The summed E-state index contributed by atoms with van der Waals surface area (Å²) in [5.74, 6) is 0.231. The number of carboxylic acid groups (broad SMARTS) is 1. The van der Waals surface area contributed by atoms with E-state index in [-0.39, 0.29) is 18.0 Å². The first-order valence-corrected chi connectivity index (χ1v) is 9.74. The summed E-state index contributed by atoms with van der Waals surface area (Å²) >= 11 is 0. The number of aryl methyl sites for hydroxylation is 1. The number of nitrogens with zero attached hydrogens (tertiary/aromatic N) is 4. The molecule has 0 spiro atoms. The van der Waals surface area contributed by atoms with Gasteiger partial charge < -0.3 is 15.3 Å². The first-order valence-electron chi connectivity index (χ1n) is 9.74. The summed E-state index contributed by atoms with van der Waals surface area (Å²) in [4.78, 5) is 41.9. The zero-order valence-electron chi connectivity index (χ0n) is 17.1. The standard InChI is InChI=1S/C22H20N6O4/c1-14-20-17(23-10-16-7-8-18(24-11-16)27-22(30)31)9-19(29)28(21(20)26-13-25-14)32-12-15-5-3-2-4-6-15/h2-9,11,13,23H,10,12H2,1H3,(H,24,27)(H,30,31). The van der Waals surface area contributed by atoms with Gasteiger partial charge in [0.1, 0.15) is 18.8 Å². The summed E-state index contributed by atoms with van der Waals surface area (Å²) in [5, 5.41) is 14.8. The van der Waals surface area contributed by atoms with E-state index >= 15 is 0 Å². The van der Waals surface area contributed by atoms with E-state index in [1.165, 1.54) is 17.1 Å². The van der Waals surface area contributed by atoms with Crippen LogP contribution in [0.1, 0.15) is 16.8 Å². The molecule has 0 saturated carbocycles. The summed E-state index contributed by atoms with van der Waals surface area (Å²) in [6.45, 7) is 2.40. The minimum absolute atomic E-state index is 0.216. The fourth-order valence-corrected chi connectivity index (χ4v) is 3.18. The lowest BCUT2D eigenvalue weighted by atomic mass is 10.2. The number of carbonyl (C=O) groups is 1. The van der Waals surface area contributed by atoms with Crippen molar-refractivity contribution in [1.29, 1.82) is 0 Å². The number of anilines is 2. The van der Waals surface area contributed by atoms with Crippen LogP contribution in [0.2, 0.25) is 0 Å². The van der Waals surface area contributed by atoms with Crippen LogP contribution < -0.4 is 21.0 Å². The van der Waals surface area contributed by atoms with Crippen molar-refractivity contribution in [3.8, 4) is 0 Å². The van der Waals surface area contributed by atoms with Crippen LogP contribution in [0, 0.1) is 6.92 Å². The molecule has 3 N–H and O–H groups in total. The topological polar surface area (TPSA) is 131 Å². The summed E-state index contributed by atoms with van der Waals surface area (Å²) in [5.41, 5.74) is 2.97. The van der Waals surface area contributed by atoms with Gasteiger partial charge in [0, 0.05) is 18.8 Å². The van der Waals surface area contributed by atoms with Crippen LogP contribution in [0.4, 0.5) is 16.3 Å². The van der Waals surface area contributed by atoms with Crippen molar-refractivity contribution in [1.82, 2.24) is 19.7 Å². The molecule has 3 heterocycles. The first-order chi connectivity index (χ1) is 15.5. The second-order valence-electron chi connectivity index (χ2n) is 6.94. The van der Waals surface area contributed by atoms with Crippen LogP contribution in [0.15, 0.2) is 65.8 Å². The molecule has 0 saturated heterocycles. The number of hydrogen-bond donors (Lipinski definition) is 3. The fourth-order valence-electron chi connectivity index (χ4n) is 3.18. The summed E-state index contributed by atoms with van der Waals surface area (Å²) in [6, 6.07) is 14.3. The van der Waals surface area contributed by atoms with Crippen molar-refractivity contribution in [3.63, 3.8) is 0 Å². The van der Waals surface area contributed by atoms with Crippen LogP contribution in [0.25, 0.3) is 11.0 Å². The predicted molar refractivity (Wildman–Crippen MR) is 118 cm³/mol. The molecule has 32 heavy (non-hydrogen) atoms. The van der Waals surface area contributed by atoms with Gasteiger partial charge in [-0.2, -0.15) is 0 Å². The Labute approximate surface area is 182 Å². The number of amides is 1. The fraction of sp³-hybridized carbons (Fsp3) is 0.136. The molecule has 0 radical (unpaired) electrons. The molecule has 162 valence electrons. The Morgan fingerprint density at radius 1 is 1.09 bits per heavy atom. The Hall–Kier alpha value is -4.47. The molecule has 0 bridgehead atoms. The Bertz CT molecular complexity index is 1310. The maximum atomic E-state index is 12.8. The van der Waals surface area contributed by atoms with E-state index in [2.05, 4.69) is 25.6 Å². The minimum Gasteiger partial charge on any atom is -0.465 e. The van der Waals surface area contributed by atoms with Crippen molar-refractivity contribution in [3.05, 3.63) is 88.2 Å². The third-order valence-corrected chi connectivity index (χ3v) is 4.69. The van der Waals surface area contributed by atoms with Crippen LogP contribution >= 0.6 is 0 Å². The molecule has 10 nitrogen and oxygen atoms in total. The summed E-state index contributed by atoms with van der Waals surface area (Å²) < 4.78 is 1.18. The second kappa shape index (κ2) is 9.13. The second-order valence-corrected chi connectivity index (χ2v) is 6.94. The number of nitrogens with one attached hydrogen (secondary N) is 2. The SMILES string of the molecule is Cc1ncnc2c1c(NCc1ccc(NC(=O)O)nc1)cc(=O)n2OCc1ccccc1. The molecule has 0 aliphatic heterocycles. The van der Waals surface area contributed by atoms with Gasteiger partial charge in [0.05, 0.1) is 16.8 Å². The zero-order valence-corrected chi connectivity index (χ0v) is 17.1. The molecule has 0 atom stereocenters. The molecular formula is C22H20N6O4. The van der Waals surface area contributed by atoms with Gasteiger partial charge in [-0.3, -0.25) is 10.1 Å². The molecule has 0 aliphatic rings. The monoisotopic (exact) mass is 432 g/mol. The largest absolute Gasteiger partial charge is 0.465 e. The van der Waals surface area contributed by atoms with E-state index in [0.717, 1.165) is 11.1 Å². The van der Waals surface area contributed by atoms with Crippen molar-refractivity contribution in [2.24, 2.45) is 0 Å². The van der Waals surface area contributed by atoms with Gasteiger partial charge >= 0.3 is 6.09 Å². The summed E-state index contributed by atoms with van der Waals surface area (Å²) in [6.07, 6.45) is 1.76. The van der Waals surface area contributed by atoms with Gasteiger partial charge in [-0.05, 0) is 24.1 Å². The van der Waals surface area contributed by atoms with Crippen molar-refractivity contribution in [2.75, 3.05) is 10.6 Å². The molecule has 1 amide bonds. The number of pyridine rings is 2. The lowest BCUT2D eigenvalue weighted by Gasteiger charge is -2.15. The zero-order chi connectivity index (χ0) is 22.5. The average Bonchev–Trinajstić information content (AvgIpc) is 2.78. The number of aromatic nitrogens is 4. The van der Waals surface area contributed by atoms with E-state index in [1.54, 1.807) is 18.3 Å². The Morgan fingerprint density at radius 3 is 2.62 bits per heavy atom. The molecule has 4 aromatic rings. The normalized spacial score (nSPS) is 10.7. The molecule has 3 aromatic heterocycles. The Kier molecular flexibility index (Phi) is 5.93. The highest BCUT2D eigenvalue weighted by Crippen LogP contribution is 2.23. The Balaban J connectivity index is 1.60.